The number of nitrogens with zero attached hydrogens (tertiary/aromatic N) is 1. The summed E-state index contributed by atoms with van der Waals surface area (Å²) in [6.45, 7) is 0.645. The Hall–Kier alpha value is -2.37. The molecule has 1 fully saturated rings. The molecule has 2 amide bonds. The van der Waals surface area contributed by atoms with E-state index in [4.69, 9.17) is 5.11 Å². The molecule has 1 aromatic rings. The minimum atomic E-state index is -0.895. The van der Waals surface area contributed by atoms with E-state index in [0.717, 1.165) is 24.8 Å². The maximum atomic E-state index is 12.3. The molecule has 1 unspecified atom stereocenters. The smallest absolute Gasteiger partial charge is 0.303 e. The van der Waals surface area contributed by atoms with Crippen LogP contribution in [0.3, 0.4) is 0 Å². The third-order valence-electron chi connectivity index (χ3n) is 4.19. The Balaban J connectivity index is 1.98. The lowest BCUT2D eigenvalue weighted by molar-refractivity contribution is -0.137. The van der Waals surface area contributed by atoms with Crippen molar-refractivity contribution in [1.29, 1.82) is 0 Å². The van der Waals surface area contributed by atoms with Gasteiger partial charge in [0, 0.05) is 19.4 Å². The molecule has 2 rings (SSSR count). The van der Waals surface area contributed by atoms with Crippen LogP contribution < -0.4 is 5.32 Å². The number of hydrogen-bond donors (Lipinski definition) is 2. The fraction of sp³-hybridized carbons (Fsp3) is 0.500. The summed E-state index contributed by atoms with van der Waals surface area (Å²) in [6.07, 6.45) is 3.59. The van der Waals surface area contributed by atoms with Crippen LogP contribution >= 0.6 is 0 Å². The number of nitrogens with one attached hydrogen (secondary N) is 1. The summed E-state index contributed by atoms with van der Waals surface area (Å²) in [6, 6.07) is 8.95. The molecule has 1 aliphatic heterocycles. The Morgan fingerprint density at radius 3 is 2.62 bits per heavy atom. The monoisotopic (exact) mass is 332 g/mol. The first-order chi connectivity index (χ1) is 11.6. The van der Waals surface area contributed by atoms with Crippen LogP contribution in [-0.2, 0) is 14.4 Å². The Bertz CT molecular complexity index is 574. The fourth-order valence-electron chi connectivity index (χ4n) is 2.89. The Morgan fingerprint density at radius 2 is 1.92 bits per heavy atom. The van der Waals surface area contributed by atoms with E-state index in [-0.39, 0.29) is 30.8 Å². The Labute approximate surface area is 141 Å². The van der Waals surface area contributed by atoms with Gasteiger partial charge in [0.05, 0.1) is 12.6 Å². The zero-order chi connectivity index (χ0) is 17.4. The third-order valence-corrected chi connectivity index (χ3v) is 4.19. The molecule has 24 heavy (non-hydrogen) atoms. The number of aliphatic carboxylic acids is 1. The molecule has 6 heteroatoms. The molecule has 0 radical (unpaired) electrons. The summed E-state index contributed by atoms with van der Waals surface area (Å²) in [5.41, 5.74) is 0.870. The first-order valence-corrected chi connectivity index (χ1v) is 8.40. The second-order valence-electron chi connectivity index (χ2n) is 6.09. The number of carboxylic acids is 1. The van der Waals surface area contributed by atoms with E-state index in [1.165, 1.54) is 0 Å². The Kier molecular flexibility index (Phi) is 6.78. The van der Waals surface area contributed by atoms with Crippen molar-refractivity contribution < 1.29 is 19.5 Å². The summed E-state index contributed by atoms with van der Waals surface area (Å²) < 4.78 is 0. The number of carbonyl (C=O) groups excluding carboxylic acids is 2. The number of carbonyl (C=O) groups is 3. The summed E-state index contributed by atoms with van der Waals surface area (Å²) in [4.78, 5) is 36.8. The standard InChI is InChI=1S/C18H24N2O4/c21-16(13-20-12-6-2-5-9-17(20)22)19-15(10-11-18(23)24)14-7-3-1-4-8-14/h1,3-4,7-8,15H,2,5-6,9-13H2,(H,19,21)(H,23,24). The largest absolute Gasteiger partial charge is 0.481 e. The highest BCUT2D eigenvalue weighted by Crippen LogP contribution is 2.18. The van der Waals surface area contributed by atoms with Crippen LogP contribution in [-0.4, -0.2) is 40.9 Å². The van der Waals surface area contributed by atoms with Crippen LogP contribution in [0, 0.1) is 0 Å². The quantitative estimate of drug-likeness (QED) is 0.800. The van der Waals surface area contributed by atoms with Gasteiger partial charge in [-0.3, -0.25) is 14.4 Å². The highest BCUT2D eigenvalue weighted by Gasteiger charge is 2.21. The van der Waals surface area contributed by atoms with E-state index in [1.54, 1.807) is 4.90 Å². The molecule has 0 saturated carbocycles. The van der Waals surface area contributed by atoms with Gasteiger partial charge < -0.3 is 15.3 Å². The van der Waals surface area contributed by atoms with Gasteiger partial charge in [0.15, 0.2) is 0 Å². The van der Waals surface area contributed by atoms with Crippen LogP contribution in [0.25, 0.3) is 0 Å². The van der Waals surface area contributed by atoms with Crippen molar-refractivity contribution in [3.63, 3.8) is 0 Å². The Morgan fingerprint density at radius 1 is 1.17 bits per heavy atom. The molecular formula is C18H24N2O4. The summed E-state index contributed by atoms with van der Waals surface area (Å²) in [5.74, 6) is -1.12. The molecule has 0 aliphatic carbocycles. The number of benzene rings is 1. The van der Waals surface area contributed by atoms with E-state index in [1.807, 2.05) is 30.3 Å². The molecule has 1 saturated heterocycles. The minimum Gasteiger partial charge on any atom is -0.481 e. The van der Waals surface area contributed by atoms with Crippen LogP contribution in [0.1, 0.15) is 50.1 Å². The first-order valence-electron chi connectivity index (χ1n) is 8.40. The lowest BCUT2D eigenvalue weighted by atomic mass is 10.0. The predicted molar refractivity (Wildman–Crippen MR) is 89.2 cm³/mol. The van der Waals surface area contributed by atoms with Crippen molar-refractivity contribution in [2.75, 3.05) is 13.1 Å². The number of likely N-dealkylation sites (tertiary alicyclic amines) is 1. The topological polar surface area (TPSA) is 86.7 Å². The zero-order valence-electron chi connectivity index (χ0n) is 13.7. The lowest BCUT2D eigenvalue weighted by Crippen LogP contribution is -2.41. The van der Waals surface area contributed by atoms with Gasteiger partial charge in [-0.2, -0.15) is 0 Å². The molecular weight excluding hydrogens is 308 g/mol. The van der Waals surface area contributed by atoms with Crippen LogP contribution in [0.15, 0.2) is 30.3 Å². The van der Waals surface area contributed by atoms with Gasteiger partial charge in [-0.05, 0) is 24.8 Å². The molecule has 1 heterocycles. The number of amides is 2. The molecule has 0 bridgehead atoms. The van der Waals surface area contributed by atoms with E-state index < -0.39 is 5.97 Å². The van der Waals surface area contributed by atoms with Crippen molar-refractivity contribution in [1.82, 2.24) is 10.2 Å². The minimum absolute atomic E-state index is 0.0180. The molecule has 1 aliphatic rings. The van der Waals surface area contributed by atoms with E-state index in [2.05, 4.69) is 5.32 Å². The second kappa shape index (κ2) is 9.05. The van der Waals surface area contributed by atoms with Crippen molar-refractivity contribution in [2.45, 2.75) is 44.6 Å². The summed E-state index contributed by atoms with van der Waals surface area (Å²) in [7, 11) is 0. The summed E-state index contributed by atoms with van der Waals surface area (Å²) >= 11 is 0. The van der Waals surface area contributed by atoms with Crippen molar-refractivity contribution >= 4 is 17.8 Å². The van der Waals surface area contributed by atoms with Crippen molar-refractivity contribution in [2.24, 2.45) is 0 Å². The lowest BCUT2D eigenvalue weighted by Gasteiger charge is -2.23. The number of hydrogen-bond acceptors (Lipinski definition) is 3. The average molecular weight is 332 g/mol. The maximum absolute atomic E-state index is 12.3. The van der Waals surface area contributed by atoms with Gasteiger partial charge in [0.25, 0.3) is 0 Å². The van der Waals surface area contributed by atoms with Gasteiger partial charge in [0.1, 0.15) is 0 Å². The average Bonchev–Trinajstić information content (AvgIpc) is 2.77. The highest BCUT2D eigenvalue weighted by molar-refractivity contribution is 5.85. The molecule has 0 aromatic heterocycles. The highest BCUT2D eigenvalue weighted by atomic mass is 16.4. The van der Waals surface area contributed by atoms with Gasteiger partial charge in [-0.15, -0.1) is 0 Å². The van der Waals surface area contributed by atoms with Crippen LogP contribution in [0.5, 0.6) is 0 Å². The third kappa shape index (κ3) is 5.68. The normalized spacial score (nSPS) is 16.3. The SMILES string of the molecule is O=C(O)CCC(NC(=O)CN1CCCCCC1=O)c1ccccc1. The number of rotatable bonds is 7. The van der Waals surface area contributed by atoms with E-state index in [0.29, 0.717) is 19.4 Å². The van der Waals surface area contributed by atoms with Crippen molar-refractivity contribution in [3.8, 4) is 0 Å². The summed E-state index contributed by atoms with van der Waals surface area (Å²) in [5, 5.41) is 11.8. The van der Waals surface area contributed by atoms with Gasteiger partial charge in [-0.1, -0.05) is 36.8 Å². The van der Waals surface area contributed by atoms with Gasteiger partial charge >= 0.3 is 5.97 Å². The molecule has 1 atom stereocenters. The molecule has 6 nitrogen and oxygen atoms in total. The maximum Gasteiger partial charge on any atom is 0.303 e. The van der Waals surface area contributed by atoms with E-state index >= 15 is 0 Å². The molecule has 1 aromatic carbocycles. The van der Waals surface area contributed by atoms with Crippen LogP contribution in [0.2, 0.25) is 0 Å². The molecule has 2 N–H and O–H groups in total. The van der Waals surface area contributed by atoms with Crippen molar-refractivity contribution in [3.05, 3.63) is 35.9 Å². The zero-order valence-corrected chi connectivity index (χ0v) is 13.7. The van der Waals surface area contributed by atoms with E-state index in [9.17, 15) is 14.4 Å². The number of carboxylic acid groups (broad SMARTS) is 1. The molecule has 0 spiro atoms. The fourth-order valence-corrected chi connectivity index (χ4v) is 2.89. The van der Waals surface area contributed by atoms with Gasteiger partial charge in [-0.25, -0.2) is 0 Å². The van der Waals surface area contributed by atoms with Crippen LogP contribution in [0.4, 0.5) is 0 Å². The first kappa shape index (κ1) is 18.0. The predicted octanol–water partition coefficient (Wildman–Crippen LogP) is 2.11. The van der Waals surface area contributed by atoms with Gasteiger partial charge in [0.2, 0.25) is 11.8 Å². The molecule has 130 valence electrons. The second-order valence-corrected chi connectivity index (χ2v) is 6.09.